The van der Waals surface area contributed by atoms with Crippen LogP contribution < -0.4 is 0 Å². The van der Waals surface area contributed by atoms with Crippen LogP contribution in [0, 0.1) is 15.9 Å². The first-order chi connectivity index (χ1) is 15.0. The molecule has 160 valence electrons. The number of nitro groups is 1. The van der Waals surface area contributed by atoms with E-state index in [0.29, 0.717) is 25.2 Å². The lowest BCUT2D eigenvalue weighted by molar-refractivity contribution is -0.384. The Hall–Kier alpha value is -3.74. The van der Waals surface area contributed by atoms with Crippen molar-refractivity contribution in [2.45, 2.75) is 26.4 Å². The van der Waals surface area contributed by atoms with Gasteiger partial charge in [-0.15, -0.1) is 0 Å². The number of hydrogen-bond acceptors (Lipinski definition) is 3. The van der Waals surface area contributed by atoms with Crippen molar-refractivity contribution in [3.63, 3.8) is 0 Å². The summed E-state index contributed by atoms with van der Waals surface area (Å²) in [7, 11) is 0. The molecule has 2 aromatic carbocycles. The van der Waals surface area contributed by atoms with Crippen molar-refractivity contribution in [2.75, 3.05) is 6.54 Å². The standard InChI is InChI=1S/C24H24FN3O3/c1-2-14-27(24(29)13-10-19-8-11-22(12-9-19)28(30)31)18-23-7-4-15-26(23)17-20-5-3-6-21(25)16-20/h3-13,15-16H,2,14,17-18H2,1H3. The van der Waals surface area contributed by atoms with Crippen molar-refractivity contribution in [1.29, 1.82) is 0 Å². The Kier molecular flexibility index (Phi) is 7.32. The lowest BCUT2D eigenvalue weighted by Crippen LogP contribution is -2.30. The van der Waals surface area contributed by atoms with Crippen LogP contribution in [0.25, 0.3) is 6.08 Å². The summed E-state index contributed by atoms with van der Waals surface area (Å²) in [6.45, 7) is 3.55. The fraction of sp³-hybridized carbons (Fsp3) is 0.208. The van der Waals surface area contributed by atoms with E-state index in [-0.39, 0.29) is 17.4 Å². The number of benzene rings is 2. The van der Waals surface area contributed by atoms with Crippen molar-refractivity contribution < 1.29 is 14.1 Å². The summed E-state index contributed by atoms with van der Waals surface area (Å²) in [4.78, 5) is 24.8. The quantitative estimate of drug-likeness (QED) is 0.276. The molecule has 0 spiro atoms. The van der Waals surface area contributed by atoms with Gasteiger partial charge in [-0.1, -0.05) is 19.1 Å². The third-order valence-corrected chi connectivity index (χ3v) is 4.85. The van der Waals surface area contributed by atoms with Crippen LogP contribution in [0.1, 0.15) is 30.2 Å². The van der Waals surface area contributed by atoms with Gasteiger partial charge in [0.05, 0.1) is 11.5 Å². The number of carbonyl (C=O) groups is 1. The first-order valence-electron chi connectivity index (χ1n) is 10.1. The second-order valence-corrected chi connectivity index (χ2v) is 7.20. The first-order valence-corrected chi connectivity index (χ1v) is 10.1. The number of amides is 1. The van der Waals surface area contributed by atoms with Gasteiger partial charge in [-0.3, -0.25) is 14.9 Å². The second kappa shape index (κ2) is 10.3. The molecule has 31 heavy (non-hydrogen) atoms. The summed E-state index contributed by atoms with van der Waals surface area (Å²) >= 11 is 0. The molecule has 3 aromatic rings. The first kappa shape index (κ1) is 22.0. The predicted molar refractivity (Wildman–Crippen MR) is 118 cm³/mol. The summed E-state index contributed by atoms with van der Waals surface area (Å²) < 4.78 is 15.5. The van der Waals surface area contributed by atoms with Gasteiger partial charge in [-0.05, 0) is 60.0 Å². The third kappa shape index (κ3) is 6.12. The summed E-state index contributed by atoms with van der Waals surface area (Å²) in [5.41, 5.74) is 2.53. The minimum Gasteiger partial charge on any atom is -0.345 e. The van der Waals surface area contributed by atoms with E-state index in [1.807, 2.05) is 35.9 Å². The summed E-state index contributed by atoms with van der Waals surface area (Å²) in [6.07, 6.45) is 5.86. The SMILES string of the molecule is CCCN(Cc1cccn1Cc1cccc(F)c1)C(=O)C=Cc1ccc([N+](=O)[O-])cc1. The lowest BCUT2D eigenvalue weighted by Gasteiger charge is -2.22. The van der Waals surface area contributed by atoms with Crippen molar-refractivity contribution >= 4 is 17.7 Å². The molecular weight excluding hydrogens is 397 g/mol. The Morgan fingerprint density at radius 3 is 2.61 bits per heavy atom. The van der Waals surface area contributed by atoms with Crippen LogP contribution in [-0.2, 0) is 17.9 Å². The molecule has 1 aromatic heterocycles. The number of nitrogens with zero attached hydrogens (tertiary/aromatic N) is 3. The van der Waals surface area contributed by atoms with Crippen molar-refractivity contribution in [2.24, 2.45) is 0 Å². The van der Waals surface area contributed by atoms with Crippen LogP contribution in [0.2, 0.25) is 0 Å². The number of nitro benzene ring substituents is 1. The molecule has 0 saturated heterocycles. The molecule has 7 heteroatoms. The van der Waals surface area contributed by atoms with Gasteiger partial charge in [0.2, 0.25) is 5.91 Å². The van der Waals surface area contributed by atoms with Crippen LogP contribution in [0.15, 0.2) is 72.9 Å². The van der Waals surface area contributed by atoms with E-state index < -0.39 is 4.92 Å². The monoisotopic (exact) mass is 421 g/mol. The largest absolute Gasteiger partial charge is 0.345 e. The zero-order valence-corrected chi connectivity index (χ0v) is 17.3. The predicted octanol–water partition coefficient (Wildman–Crippen LogP) is 5.04. The maximum absolute atomic E-state index is 13.5. The van der Waals surface area contributed by atoms with Crippen LogP contribution >= 0.6 is 0 Å². The Morgan fingerprint density at radius 2 is 1.94 bits per heavy atom. The molecule has 0 saturated carbocycles. The minimum atomic E-state index is -0.458. The molecule has 0 fully saturated rings. The molecule has 0 N–H and O–H groups in total. The van der Waals surface area contributed by atoms with E-state index >= 15 is 0 Å². The second-order valence-electron chi connectivity index (χ2n) is 7.20. The van der Waals surface area contributed by atoms with Gasteiger partial charge in [0.1, 0.15) is 5.82 Å². The van der Waals surface area contributed by atoms with Crippen molar-refractivity contribution in [3.05, 3.63) is 106 Å². The van der Waals surface area contributed by atoms with Crippen molar-refractivity contribution in [1.82, 2.24) is 9.47 Å². The number of aromatic nitrogens is 1. The molecule has 0 radical (unpaired) electrons. The smallest absolute Gasteiger partial charge is 0.269 e. The molecule has 0 aliphatic carbocycles. The third-order valence-electron chi connectivity index (χ3n) is 4.85. The van der Waals surface area contributed by atoms with Crippen LogP contribution in [0.3, 0.4) is 0 Å². The molecule has 3 rings (SSSR count). The van der Waals surface area contributed by atoms with E-state index in [4.69, 9.17) is 0 Å². The van der Waals surface area contributed by atoms with Gasteiger partial charge < -0.3 is 9.47 Å². The number of carbonyl (C=O) groups excluding carboxylic acids is 1. The Balaban J connectivity index is 1.70. The fourth-order valence-electron chi connectivity index (χ4n) is 3.29. The molecule has 1 heterocycles. The van der Waals surface area contributed by atoms with E-state index in [0.717, 1.165) is 17.7 Å². The molecule has 0 bridgehead atoms. The highest BCUT2D eigenvalue weighted by atomic mass is 19.1. The Labute approximate surface area is 180 Å². The summed E-state index contributed by atoms with van der Waals surface area (Å²) in [5.74, 6) is -0.413. The van der Waals surface area contributed by atoms with Crippen LogP contribution in [0.4, 0.5) is 10.1 Å². The van der Waals surface area contributed by atoms with Crippen LogP contribution in [-0.4, -0.2) is 26.8 Å². The topological polar surface area (TPSA) is 68.4 Å². The molecular formula is C24H24FN3O3. The molecule has 6 nitrogen and oxygen atoms in total. The normalized spacial score (nSPS) is 11.0. The van der Waals surface area contributed by atoms with Gasteiger partial charge in [0.25, 0.3) is 5.69 Å². The number of non-ortho nitro benzene ring substituents is 1. The highest BCUT2D eigenvalue weighted by Crippen LogP contribution is 2.15. The van der Waals surface area contributed by atoms with E-state index in [2.05, 4.69) is 0 Å². The number of rotatable bonds is 9. The van der Waals surface area contributed by atoms with E-state index in [1.54, 1.807) is 29.2 Å². The molecule has 0 atom stereocenters. The number of halogens is 1. The zero-order chi connectivity index (χ0) is 22.2. The average Bonchev–Trinajstić information content (AvgIpc) is 3.18. The zero-order valence-electron chi connectivity index (χ0n) is 17.3. The van der Waals surface area contributed by atoms with Crippen molar-refractivity contribution in [3.8, 4) is 0 Å². The van der Waals surface area contributed by atoms with Gasteiger partial charge in [-0.25, -0.2) is 4.39 Å². The Morgan fingerprint density at radius 1 is 1.16 bits per heavy atom. The summed E-state index contributed by atoms with van der Waals surface area (Å²) in [6, 6.07) is 16.4. The maximum atomic E-state index is 13.5. The fourth-order valence-corrected chi connectivity index (χ4v) is 3.29. The lowest BCUT2D eigenvalue weighted by atomic mass is 10.2. The van der Waals surface area contributed by atoms with Gasteiger partial charge >= 0.3 is 0 Å². The average molecular weight is 421 g/mol. The molecule has 0 aliphatic rings. The maximum Gasteiger partial charge on any atom is 0.269 e. The van der Waals surface area contributed by atoms with E-state index in [9.17, 15) is 19.3 Å². The molecule has 0 unspecified atom stereocenters. The number of hydrogen-bond donors (Lipinski definition) is 0. The van der Waals surface area contributed by atoms with Crippen LogP contribution in [0.5, 0.6) is 0 Å². The van der Waals surface area contributed by atoms with E-state index in [1.165, 1.54) is 30.3 Å². The molecule has 1 amide bonds. The summed E-state index contributed by atoms with van der Waals surface area (Å²) in [5, 5.41) is 10.8. The Bertz CT molecular complexity index is 1070. The highest BCUT2D eigenvalue weighted by Gasteiger charge is 2.13. The van der Waals surface area contributed by atoms with Gasteiger partial charge in [0.15, 0.2) is 0 Å². The molecule has 0 aliphatic heterocycles. The minimum absolute atomic E-state index is 0.00939. The highest BCUT2D eigenvalue weighted by molar-refractivity contribution is 5.91. The van der Waals surface area contributed by atoms with Gasteiger partial charge in [-0.2, -0.15) is 0 Å². The van der Waals surface area contributed by atoms with Gasteiger partial charge in [0, 0.05) is 43.2 Å².